The van der Waals surface area contributed by atoms with Gasteiger partial charge in [-0.05, 0) is 63.0 Å². The number of ether oxygens (including phenoxy) is 1. The molecule has 0 saturated carbocycles. The molecule has 0 aliphatic heterocycles. The first-order chi connectivity index (χ1) is 8.57. The minimum Gasteiger partial charge on any atom is -0.497 e. The van der Waals surface area contributed by atoms with Gasteiger partial charge in [-0.15, -0.1) is 0 Å². The second kappa shape index (κ2) is 7.67. The highest BCUT2D eigenvalue weighted by atomic mass is 32.2. The molecule has 0 radical (unpaired) electrons. The van der Waals surface area contributed by atoms with Crippen molar-refractivity contribution in [2.24, 2.45) is 0 Å². The van der Waals surface area contributed by atoms with Gasteiger partial charge in [0.05, 0.1) is 7.11 Å². The lowest BCUT2D eigenvalue weighted by Crippen LogP contribution is -2.41. The largest absolute Gasteiger partial charge is 0.497 e. The average Bonchev–Trinajstić information content (AvgIpc) is 2.34. The zero-order valence-electron chi connectivity index (χ0n) is 11.4. The second-order valence-electron chi connectivity index (χ2n) is 5.03. The molecule has 1 rings (SSSR count). The van der Waals surface area contributed by atoms with Crippen LogP contribution in [0.25, 0.3) is 0 Å². The van der Waals surface area contributed by atoms with Gasteiger partial charge < -0.3 is 14.6 Å². The summed E-state index contributed by atoms with van der Waals surface area (Å²) in [5, 5.41) is 3.51. The predicted octanol–water partition coefficient (Wildman–Crippen LogP) is 3.20. The van der Waals surface area contributed by atoms with Gasteiger partial charge in [0, 0.05) is 11.3 Å². The monoisotopic (exact) mass is 269 g/mol. The summed E-state index contributed by atoms with van der Waals surface area (Å²) < 4.78 is 13.9. The van der Waals surface area contributed by atoms with E-state index in [1.165, 1.54) is 5.56 Å². The third-order valence-electron chi connectivity index (χ3n) is 2.80. The summed E-state index contributed by atoms with van der Waals surface area (Å²) in [6.45, 7) is 5.31. The van der Waals surface area contributed by atoms with Crippen LogP contribution in [0, 0.1) is 0 Å². The van der Waals surface area contributed by atoms with E-state index in [0.717, 1.165) is 42.9 Å². The first-order valence-electron chi connectivity index (χ1n) is 6.22. The molecule has 3 nitrogen and oxygen atoms in total. The highest BCUT2D eigenvalue weighted by Crippen LogP contribution is 2.18. The normalized spacial score (nSPS) is 11.6. The van der Waals surface area contributed by atoms with E-state index in [1.807, 2.05) is 12.1 Å². The lowest BCUT2D eigenvalue weighted by Gasteiger charge is -2.26. The van der Waals surface area contributed by atoms with Gasteiger partial charge in [-0.1, -0.05) is 12.1 Å². The van der Waals surface area contributed by atoms with Crippen LogP contribution >= 0.6 is 12.0 Å². The Morgan fingerprint density at radius 1 is 1.39 bits per heavy atom. The third-order valence-corrected chi connectivity index (χ3v) is 3.27. The Hall–Kier alpha value is -0.710. The van der Waals surface area contributed by atoms with E-state index < -0.39 is 0 Å². The van der Waals surface area contributed by atoms with E-state index in [0.29, 0.717) is 0 Å². The summed E-state index contributed by atoms with van der Waals surface area (Å²) >= 11 is 0.905. The highest BCUT2D eigenvalue weighted by molar-refractivity contribution is 7.93. The van der Waals surface area contributed by atoms with Crippen molar-refractivity contribution >= 4 is 12.0 Å². The molecule has 0 spiro atoms. The van der Waals surface area contributed by atoms with Gasteiger partial charge in [-0.25, -0.2) is 0 Å². The third kappa shape index (κ3) is 5.76. The Bertz CT molecular complexity index is 355. The summed E-state index contributed by atoms with van der Waals surface area (Å²) in [5.74, 6) is 1.68. The maximum atomic E-state index is 8.66. The van der Waals surface area contributed by atoms with Crippen LogP contribution in [0.1, 0.15) is 25.8 Å². The molecule has 0 unspecified atom stereocenters. The van der Waals surface area contributed by atoms with Gasteiger partial charge >= 0.3 is 0 Å². The number of rotatable bonds is 8. The second-order valence-corrected chi connectivity index (χ2v) is 5.69. The maximum absolute atomic E-state index is 8.66. The van der Waals surface area contributed by atoms with Gasteiger partial charge in [-0.3, -0.25) is 0 Å². The fourth-order valence-electron chi connectivity index (χ4n) is 1.92. The van der Waals surface area contributed by atoms with Crippen LogP contribution in [0.5, 0.6) is 5.75 Å². The van der Waals surface area contributed by atoms with Crippen molar-refractivity contribution < 1.29 is 9.29 Å². The van der Waals surface area contributed by atoms with E-state index in [1.54, 1.807) is 7.11 Å². The smallest absolute Gasteiger partial charge is 0.119 e. The van der Waals surface area contributed by atoms with E-state index in [4.69, 9.17) is 9.29 Å². The number of methoxy groups -OCH3 is 1. The molecule has 18 heavy (non-hydrogen) atoms. The average molecular weight is 269 g/mol. The molecule has 4 heteroatoms. The summed E-state index contributed by atoms with van der Waals surface area (Å²) in [7, 11) is 1.69. The Morgan fingerprint density at radius 3 is 2.83 bits per heavy atom. The Labute approximate surface area is 114 Å². The standard InChI is InChI=1S/C14H23NO2S/c1-14(2,15-8-5-9-18-16)11-12-6-4-7-13(10-12)17-3/h4,6-7,10,15-16H,5,8-9,11H2,1-3H3. The molecule has 1 aromatic carbocycles. The molecule has 1 aromatic rings. The Kier molecular flexibility index (Phi) is 6.54. The molecule has 0 atom stereocenters. The predicted molar refractivity (Wildman–Crippen MR) is 78.5 cm³/mol. The fourth-order valence-corrected chi connectivity index (χ4v) is 2.19. The molecule has 102 valence electrons. The molecule has 0 aliphatic carbocycles. The van der Waals surface area contributed by atoms with Crippen molar-refractivity contribution in [3.63, 3.8) is 0 Å². The van der Waals surface area contributed by atoms with Crippen LogP contribution in [0.3, 0.4) is 0 Å². The molecule has 0 aliphatic rings. The van der Waals surface area contributed by atoms with Crippen LogP contribution in [-0.4, -0.2) is 29.5 Å². The molecule has 0 aromatic heterocycles. The van der Waals surface area contributed by atoms with E-state index in [2.05, 4.69) is 31.3 Å². The lowest BCUT2D eigenvalue weighted by molar-refractivity contribution is 0.385. The quantitative estimate of drug-likeness (QED) is 0.562. The van der Waals surface area contributed by atoms with Gasteiger partial charge in [-0.2, -0.15) is 0 Å². The molecule has 0 bridgehead atoms. The molecule has 0 heterocycles. The van der Waals surface area contributed by atoms with Crippen LogP contribution in [0.15, 0.2) is 24.3 Å². The number of nitrogens with one attached hydrogen (secondary N) is 1. The summed E-state index contributed by atoms with van der Waals surface area (Å²) in [6, 6.07) is 8.18. The molecular weight excluding hydrogens is 246 g/mol. The van der Waals surface area contributed by atoms with Crippen LogP contribution in [0.4, 0.5) is 0 Å². The van der Waals surface area contributed by atoms with Crippen molar-refractivity contribution in [2.75, 3.05) is 19.4 Å². The van der Waals surface area contributed by atoms with Crippen molar-refractivity contribution in [1.82, 2.24) is 5.32 Å². The Morgan fingerprint density at radius 2 is 2.17 bits per heavy atom. The number of hydrogen-bond donors (Lipinski definition) is 2. The molecule has 0 saturated heterocycles. The maximum Gasteiger partial charge on any atom is 0.119 e. The molecule has 2 N–H and O–H groups in total. The van der Waals surface area contributed by atoms with Crippen molar-refractivity contribution in [1.29, 1.82) is 0 Å². The van der Waals surface area contributed by atoms with Gasteiger partial charge in [0.2, 0.25) is 0 Å². The SMILES string of the molecule is COc1cccc(CC(C)(C)NCCCSO)c1. The molecular formula is C14H23NO2S. The zero-order chi connectivity index (χ0) is 13.4. The highest BCUT2D eigenvalue weighted by Gasteiger charge is 2.17. The van der Waals surface area contributed by atoms with Crippen molar-refractivity contribution in [3.05, 3.63) is 29.8 Å². The number of benzene rings is 1. The van der Waals surface area contributed by atoms with E-state index in [9.17, 15) is 0 Å². The van der Waals surface area contributed by atoms with Crippen LogP contribution in [0.2, 0.25) is 0 Å². The first-order valence-corrected chi connectivity index (χ1v) is 7.16. The van der Waals surface area contributed by atoms with Crippen molar-refractivity contribution in [2.45, 2.75) is 32.2 Å². The van der Waals surface area contributed by atoms with E-state index >= 15 is 0 Å². The zero-order valence-corrected chi connectivity index (χ0v) is 12.2. The molecule has 0 fully saturated rings. The minimum atomic E-state index is 0.0481. The molecule has 0 amide bonds. The Balaban J connectivity index is 2.47. The van der Waals surface area contributed by atoms with Crippen LogP contribution in [-0.2, 0) is 6.42 Å². The summed E-state index contributed by atoms with van der Waals surface area (Å²) in [4.78, 5) is 0. The number of hydrogen-bond acceptors (Lipinski definition) is 4. The summed E-state index contributed by atoms with van der Waals surface area (Å²) in [5.41, 5.74) is 1.32. The minimum absolute atomic E-state index is 0.0481. The summed E-state index contributed by atoms with van der Waals surface area (Å²) in [6.07, 6.45) is 1.93. The van der Waals surface area contributed by atoms with Gasteiger partial charge in [0.25, 0.3) is 0 Å². The fraction of sp³-hybridized carbons (Fsp3) is 0.571. The van der Waals surface area contributed by atoms with Gasteiger partial charge in [0.15, 0.2) is 0 Å². The van der Waals surface area contributed by atoms with Crippen LogP contribution < -0.4 is 10.1 Å². The van der Waals surface area contributed by atoms with Crippen molar-refractivity contribution in [3.8, 4) is 5.75 Å². The lowest BCUT2D eigenvalue weighted by atomic mass is 9.94. The van der Waals surface area contributed by atoms with E-state index in [-0.39, 0.29) is 5.54 Å². The topological polar surface area (TPSA) is 41.5 Å². The first kappa shape index (κ1) is 15.3. The van der Waals surface area contributed by atoms with Gasteiger partial charge in [0.1, 0.15) is 5.75 Å².